The maximum Gasteiger partial charge on any atom is 0.0642 e. The zero-order valence-electron chi connectivity index (χ0n) is 19.1. The fourth-order valence-corrected chi connectivity index (χ4v) is 4.21. The van der Waals surface area contributed by atoms with E-state index in [4.69, 9.17) is 4.74 Å². The Kier molecular flexibility index (Phi) is 6.47. The van der Waals surface area contributed by atoms with Crippen molar-refractivity contribution in [2.24, 2.45) is 0 Å². The van der Waals surface area contributed by atoms with Gasteiger partial charge in [0.25, 0.3) is 0 Å². The molecule has 0 amide bonds. The van der Waals surface area contributed by atoms with Gasteiger partial charge in [0.2, 0.25) is 0 Å². The molecule has 3 aromatic rings. The van der Waals surface area contributed by atoms with Crippen molar-refractivity contribution in [1.29, 1.82) is 0 Å². The lowest BCUT2D eigenvalue weighted by Crippen LogP contribution is -2.36. The fourth-order valence-electron chi connectivity index (χ4n) is 4.21. The van der Waals surface area contributed by atoms with E-state index in [9.17, 15) is 0 Å². The molecular formula is C27H33N3O. The van der Waals surface area contributed by atoms with Gasteiger partial charge in [-0.1, -0.05) is 36.4 Å². The molecule has 1 fully saturated rings. The molecule has 0 bridgehead atoms. The Balaban J connectivity index is 1.69. The first-order chi connectivity index (χ1) is 15.0. The van der Waals surface area contributed by atoms with Crippen LogP contribution in [0.3, 0.4) is 0 Å². The van der Waals surface area contributed by atoms with E-state index in [2.05, 4.69) is 116 Å². The third-order valence-electron chi connectivity index (χ3n) is 6.09. The Morgan fingerprint density at radius 3 is 1.39 bits per heavy atom. The number of hydrogen-bond acceptors (Lipinski definition) is 4. The van der Waals surface area contributed by atoms with E-state index in [0.717, 1.165) is 26.3 Å². The minimum absolute atomic E-state index is 0.200. The lowest BCUT2D eigenvalue weighted by molar-refractivity contribution is 0.122. The molecule has 4 nitrogen and oxygen atoms in total. The summed E-state index contributed by atoms with van der Waals surface area (Å²) in [6, 6.07) is 27.0. The quantitative estimate of drug-likeness (QED) is 0.537. The Morgan fingerprint density at radius 2 is 1.00 bits per heavy atom. The lowest BCUT2D eigenvalue weighted by atomic mass is 9.85. The monoisotopic (exact) mass is 415 g/mol. The summed E-state index contributed by atoms with van der Waals surface area (Å²) >= 11 is 0. The molecule has 1 saturated heterocycles. The number of hydrogen-bond donors (Lipinski definition) is 0. The van der Waals surface area contributed by atoms with Gasteiger partial charge >= 0.3 is 0 Å². The highest BCUT2D eigenvalue weighted by molar-refractivity contribution is 5.55. The predicted octanol–water partition coefficient (Wildman–Crippen LogP) is 4.84. The molecule has 4 heteroatoms. The lowest BCUT2D eigenvalue weighted by Gasteiger charge is -2.29. The van der Waals surface area contributed by atoms with Crippen molar-refractivity contribution in [3.63, 3.8) is 0 Å². The van der Waals surface area contributed by atoms with Gasteiger partial charge in [-0.15, -0.1) is 0 Å². The number of morpholine rings is 1. The molecule has 3 aromatic carbocycles. The first kappa shape index (κ1) is 21.3. The van der Waals surface area contributed by atoms with E-state index >= 15 is 0 Å². The molecule has 0 unspecified atom stereocenters. The summed E-state index contributed by atoms with van der Waals surface area (Å²) in [5.74, 6) is 0.200. The number of ether oxygens (including phenoxy) is 1. The minimum atomic E-state index is 0.200. The summed E-state index contributed by atoms with van der Waals surface area (Å²) in [7, 11) is 8.32. The second-order valence-electron chi connectivity index (χ2n) is 8.60. The van der Waals surface area contributed by atoms with Crippen molar-refractivity contribution in [2.45, 2.75) is 5.92 Å². The number of benzene rings is 3. The molecule has 0 atom stereocenters. The van der Waals surface area contributed by atoms with E-state index in [1.165, 1.54) is 33.8 Å². The number of nitrogens with zero attached hydrogens (tertiary/aromatic N) is 3. The molecule has 1 aliphatic heterocycles. The molecule has 0 aromatic heterocycles. The van der Waals surface area contributed by atoms with Crippen molar-refractivity contribution in [3.8, 4) is 0 Å². The van der Waals surface area contributed by atoms with Crippen LogP contribution < -0.4 is 14.7 Å². The van der Waals surface area contributed by atoms with Crippen LogP contribution in [0.15, 0.2) is 72.8 Å². The topological polar surface area (TPSA) is 19.0 Å². The normalized spacial score (nSPS) is 14.0. The van der Waals surface area contributed by atoms with Crippen molar-refractivity contribution in [1.82, 2.24) is 0 Å². The first-order valence-electron chi connectivity index (χ1n) is 11.0. The fraction of sp³-hybridized carbons (Fsp3) is 0.333. The van der Waals surface area contributed by atoms with Crippen LogP contribution >= 0.6 is 0 Å². The average Bonchev–Trinajstić information content (AvgIpc) is 2.81. The number of anilines is 3. The van der Waals surface area contributed by atoms with Gasteiger partial charge in [-0.3, -0.25) is 0 Å². The van der Waals surface area contributed by atoms with E-state index < -0.39 is 0 Å². The van der Waals surface area contributed by atoms with Gasteiger partial charge in [0.15, 0.2) is 0 Å². The van der Waals surface area contributed by atoms with Crippen LogP contribution in [0.1, 0.15) is 22.6 Å². The zero-order valence-corrected chi connectivity index (χ0v) is 19.1. The van der Waals surface area contributed by atoms with E-state index in [1.54, 1.807) is 0 Å². The zero-order chi connectivity index (χ0) is 21.8. The van der Waals surface area contributed by atoms with Crippen molar-refractivity contribution in [3.05, 3.63) is 89.5 Å². The number of rotatable bonds is 6. The Morgan fingerprint density at radius 1 is 0.613 bits per heavy atom. The molecule has 0 saturated carbocycles. The highest BCUT2D eigenvalue weighted by Crippen LogP contribution is 2.34. The van der Waals surface area contributed by atoms with Crippen molar-refractivity contribution in [2.75, 3.05) is 69.2 Å². The first-order valence-corrected chi connectivity index (χ1v) is 11.0. The van der Waals surface area contributed by atoms with Gasteiger partial charge in [0.05, 0.1) is 13.2 Å². The molecule has 1 aliphatic rings. The summed E-state index contributed by atoms with van der Waals surface area (Å²) < 4.78 is 5.50. The molecule has 1 heterocycles. The van der Waals surface area contributed by atoms with Crippen LogP contribution in [0.4, 0.5) is 17.1 Å². The van der Waals surface area contributed by atoms with E-state index in [0.29, 0.717) is 0 Å². The van der Waals surface area contributed by atoms with Crippen LogP contribution in [0.2, 0.25) is 0 Å². The molecule has 0 spiro atoms. The second-order valence-corrected chi connectivity index (χ2v) is 8.60. The SMILES string of the molecule is CN(C)c1ccc(C(c2ccc(N(C)C)cc2)c2ccc(N3CCOCC3)cc2)cc1. The Bertz CT molecular complexity index is 905. The van der Waals surface area contributed by atoms with E-state index in [1.807, 2.05) is 0 Å². The third-order valence-corrected chi connectivity index (χ3v) is 6.09. The molecule has 4 rings (SSSR count). The largest absolute Gasteiger partial charge is 0.378 e. The Labute approximate surface area is 186 Å². The van der Waals surface area contributed by atoms with Crippen LogP contribution in [0.25, 0.3) is 0 Å². The standard InChI is InChI=1S/C27H33N3O/c1-28(2)24-11-5-21(6-12-24)27(22-7-13-25(14-8-22)29(3)4)23-9-15-26(16-10-23)30-17-19-31-20-18-30/h5-16,27H,17-20H2,1-4H3. The summed E-state index contributed by atoms with van der Waals surface area (Å²) in [6.07, 6.45) is 0. The molecule has 162 valence electrons. The van der Waals surface area contributed by atoms with Crippen molar-refractivity contribution >= 4 is 17.1 Å². The molecule has 0 radical (unpaired) electrons. The Hall–Kier alpha value is -2.98. The van der Waals surface area contributed by atoms with Crippen LogP contribution in [-0.2, 0) is 4.74 Å². The van der Waals surface area contributed by atoms with Crippen molar-refractivity contribution < 1.29 is 4.74 Å². The highest BCUT2D eigenvalue weighted by Gasteiger charge is 2.18. The maximum atomic E-state index is 5.50. The van der Waals surface area contributed by atoms with Crippen LogP contribution in [0.5, 0.6) is 0 Å². The van der Waals surface area contributed by atoms with Gasteiger partial charge in [-0.25, -0.2) is 0 Å². The van der Waals surface area contributed by atoms with Gasteiger partial charge in [-0.05, 0) is 53.1 Å². The summed E-state index contributed by atoms with van der Waals surface area (Å²) in [6.45, 7) is 3.53. The highest BCUT2D eigenvalue weighted by atomic mass is 16.5. The summed E-state index contributed by atoms with van der Waals surface area (Å²) in [5, 5.41) is 0. The van der Waals surface area contributed by atoms with Gasteiger partial charge in [0.1, 0.15) is 0 Å². The predicted molar refractivity (Wildman–Crippen MR) is 132 cm³/mol. The molecule has 0 aliphatic carbocycles. The molecule has 0 N–H and O–H groups in total. The summed E-state index contributed by atoms with van der Waals surface area (Å²) in [5.41, 5.74) is 7.63. The van der Waals surface area contributed by atoms with Gasteiger partial charge in [0, 0.05) is 64.3 Å². The van der Waals surface area contributed by atoms with Crippen LogP contribution in [0, 0.1) is 0 Å². The summed E-state index contributed by atoms with van der Waals surface area (Å²) in [4.78, 5) is 6.68. The van der Waals surface area contributed by atoms with Crippen LogP contribution in [-0.4, -0.2) is 54.5 Å². The third kappa shape index (κ3) is 4.86. The minimum Gasteiger partial charge on any atom is -0.378 e. The molecule has 31 heavy (non-hydrogen) atoms. The maximum absolute atomic E-state index is 5.50. The smallest absolute Gasteiger partial charge is 0.0642 e. The van der Waals surface area contributed by atoms with E-state index in [-0.39, 0.29) is 5.92 Å². The second kappa shape index (κ2) is 9.44. The van der Waals surface area contributed by atoms with Gasteiger partial charge < -0.3 is 19.4 Å². The average molecular weight is 416 g/mol. The molecular weight excluding hydrogens is 382 g/mol. The van der Waals surface area contributed by atoms with Gasteiger partial charge in [-0.2, -0.15) is 0 Å².